The molecule has 3 heterocycles. The van der Waals surface area contributed by atoms with Crippen LogP contribution in [0.15, 0.2) is 328 Å². The Morgan fingerprint density at radius 2 is 0.628 bits per heavy atom. The first-order valence-corrected chi connectivity index (χ1v) is 29.8. The maximum Gasteiger partial charge on any atom is 0.252 e. The molecule has 0 saturated heterocycles. The first-order valence-electron chi connectivity index (χ1n) is 29.8. The van der Waals surface area contributed by atoms with Gasteiger partial charge in [0.05, 0.1) is 28.1 Å². The van der Waals surface area contributed by atoms with E-state index >= 15 is 0 Å². The minimum Gasteiger partial charge on any atom is -0.310 e. The zero-order valence-corrected chi connectivity index (χ0v) is 47.1. The van der Waals surface area contributed by atoms with Gasteiger partial charge in [0.2, 0.25) is 0 Å². The van der Waals surface area contributed by atoms with Crippen molar-refractivity contribution in [3.05, 3.63) is 328 Å². The van der Waals surface area contributed by atoms with E-state index in [9.17, 15) is 0 Å². The molecule has 0 N–H and O–H groups in total. The van der Waals surface area contributed by atoms with Gasteiger partial charge < -0.3 is 14.4 Å². The molecule has 1 aromatic heterocycles. The molecule has 0 bridgehead atoms. The van der Waals surface area contributed by atoms with Crippen LogP contribution in [0.5, 0.6) is 0 Å². The van der Waals surface area contributed by atoms with Gasteiger partial charge in [0, 0.05) is 61.2 Å². The maximum atomic E-state index is 2.66. The lowest BCUT2D eigenvalue weighted by atomic mass is 9.33. The van der Waals surface area contributed by atoms with Gasteiger partial charge in [-0.2, -0.15) is 0 Å². The Kier molecular flexibility index (Phi) is 11.7. The number of aromatic nitrogens is 1. The van der Waals surface area contributed by atoms with Gasteiger partial charge in [-0.3, -0.25) is 0 Å². The lowest BCUT2D eigenvalue weighted by Crippen LogP contribution is -2.61. The van der Waals surface area contributed by atoms with E-state index in [4.69, 9.17) is 0 Å². The standard InChI is InChI=1S/C82H54BN3/c1-7-25-55(26-8-1)62-46-49-75-72(51-62)83-73-52-63(56-27-9-2-10-28-56)47-50-76(73)86(81-68(59-33-15-5-16-34-59)42-24-43-69(81)60-35-17-6-18-36-60)78-54-64(84-74-44-22-21-39-70(74)71-48-45-61-37-19-20-38-65(61)82(71)84)53-77(79(78)83)85(75)80-66(57-29-11-3-12-30-57)40-23-41-67(80)58-31-13-4-14-32-58/h1-54H. The monoisotopic (exact) mass is 1090 g/mol. The van der Waals surface area contributed by atoms with E-state index in [1.165, 1.54) is 65.7 Å². The van der Waals surface area contributed by atoms with E-state index in [0.29, 0.717) is 0 Å². The molecule has 86 heavy (non-hydrogen) atoms. The van der Waals surface area contributed by atoms with Crippen molar-refractivity contribution in [2.75, 3.05) is 9.80 Å². The third-order valence-electron chi connectivity index (χ3n) is 17.9. The zero-order valence-electron chi connectivity index (χ0n) is 47.1. The van der Waals surface area contributed by atoms with E-state index in [2.05, 4.69) is 342 Å². The molecular formula is C82H54BN3. The van der Waals surface area contributed by atoms with Crippen LogP contribution in [0.25, 0.3) is 105 Å². The minimum atomic E-state index is -0.217. The Morgan fingerprint density at radius 1 is 0.244 bits per heavy atom. The normalized spacial score (nSPS) is 12.3. The van der Waals surface area contributed by atoms with Gasteiger partial charge in [0.15, 0.2) is 0 Å². The highest BCUT2D eigenvalue weighted by atomic mass is 15.2. The molecule has 0 amide bonds. The Bertz CT molecular complexity index is 4740. The van der Waals surface area contributed by atoms with Crippen molar-refractivity contribution in [2.24, 2.45) is 0 Å². The average molecular weight is 1090 g/mol. The van der Waals surface area contributed by atoms with Crippen molar-refractivity contribution < 1.29 is 0 Å². The molecule has 14 aromatic carbocycles. The quantitative estimate of drug-likeness (QED) is 0.133. The Morgan fingerprint density at radius 3 is 1.07 bits per heavy atom. The van der Waals surface area contributed by atoms with Gasteiger partial charge in [-0.15, -0.1) is 0 Å². The summed E-state index contributed by atoms with van der Waals surface area (Å²) in [6, 6.07) is 122. The summed E-state index contributed by atoms with van der Waals surface area (Å²) in [6.07, 6.45) is 0. The van der Waals surface area contributed by atoms with Crippen LogP contribution in [-0.2, 0) is 0 Å². The molecule has 4 heteroatoms. The van der Waals surface area contributed by atoms with Crippen LogP contribution in [0.3, 0.4) is 0 Å². The summed E-state index contributed by atoms with van der Waals surface area (Å²) >= 11 is 0. The summed E-state index contributed by atoms with van der Waals surface area (Å²) < 4.78 is 2.57. The van der Waals surface area contributed by atoms with Crippen LogP contribution in [-0.4, -0.2) is 11.3 Å². The zero-order chi connectivity index (χ0) is 56.7. The van der Waals surface area contributed by atoms with E-state index in [0.717, 1.165) is 89.8 Å². The van der Waals surface area contributed by atoms with E-state index in [1.807, 2.05) is 0 Å². The van der Waals surface area contributed by atoms with E-state index in [1.54, 1.807) is 0 Å². The molecule has 2 aliphatic rings. The summed E-state index contributed by atoms with van der Waals surface area (Å²) in [5, 5.41) is 4.84. The lowest BCUT2D eigenvalue weighted by molar-refractivity contribution is 1.16. The first kappa shape index (κ1) is 49.4. The number of benzene rings is 14. The third kappa shape index (κ3) is 7.91. The van der Waals surface area contributed by atoms with Crippen LogP contribution in [0.4, 0.5) is 34.1 Å². The van der Waals surface area contributed by atoms with Crippen molar-refractivity contribution in [2.45, 2.75) is 0 Å². The van der Waals surface area contributed by atoms with Gasteiger partial charge in [-0.1, -0.05) is 297 Å². The Hall–Kier alpha value is -11.2. The second-order valence-electron chi connectivity index (χ2n) is 22.7. The Labute approximate surface area is 501 Å². The molecule has 17 rings (SSSR count). The number of rotatable bonds is 9. The molecule has 0 saturated carbocycles. The van der Waals surface area contributed by atoms with Crippen LogP contribution >= 0.6 is 0 Å². The molecule has 15 aromatic rings. The summed E-state index contributed by atoms with van der Waals surface area (Å²) in [5.41, 5.74) is 27.7. The summed E-state index contributed by atoms with van der Waals surface area (Å²) in [7, 11) is 0. The van der Waals surface area contributed by atoms with Gasteiger partial charge in [-0.05, 0) is 96.6 Å². The highest BCUT2D eigenvalue weighted by Gasteiger charge is 2.46. The third-order valence-corrected chi connectivity index (χ3v) is 17.9. The molecule has 400 valence electrons. The second-order valence-corrected chi connectivity index (χ2v) is 22.7. The number of hydrogen-bond acceptors (Lipinski definition) is 2. The largest absolute Gasteiger partial charge is 0.310 e. The number of nitrogens with zero attached hydrogens (tertiary/aromatic N) is 3. The molecular weight excluding hydrogens is 1040 g/mol. The highest BCUT2D eigenvalue weighted by Crippen LogP contribution is 2.54. The van der Waals surface area contributed by atoms with Crippen LogP contribution in [0.1, 0.15) is 0 Å². The smallest absolute Gasteiger partial charge is 0.252 e. The lowest BCUT2D eigenvalue weighted by Gasteiger charge is -2.46. The predicted molar refractivity (Wildman–Crippen MR) is 365 cm³/mol. The molecule has 0 fully saturated rings. The van der Waals surface area contributed by atoms with Gasteiger partial charge in [0.25, 0.3) is 6.71 Å². The fourth-order valence-corrected chi connectivity index (χ4v) is 14.2. The number of hydrogen-bond donors (Lipinski definition) is 0. The fourth-order valence-electron chi connectivity index (χ4n) is 14.2. The van der Waals surface area contributed by atoms with Crippen LogP contribution in [0, 0.1) is 0 Å². The fraction of sp³-hybridized carbons (Fsp3) is 0. The van der Waals surface area contributed by atoms with Gasteiger partial charge >= 0.3 is 0 Å². The van der Waals surface area contributed by atoms with Crippen LogP contribution in [0.2, 0.25) is 0 Å². The summed E-state index contributed by atoms with van der Waals surface area (Å²) in [5.74, 6) is 0. The second kappa shape index (κ2) is 20.3. The molecule has 0 unspecified atom stereocenters. The molecule has 2 aliphatic heterocycles. The summed E-state index contributed by atoms with van der Waals surface area (Å²) in [4.78, 5) is 5.32. The van der Waals surface area contributed by atoms with Crippen molar-refractivity contribution in [3.8, 4) is 72.4 Å². The average Bonchev–Trinajstić information content (AvgIpc) is 0.875. The van der Waals surface area contributed by atoms with Gasteiger partial charge in [0.1, 0.15) is 0 Å². The van der Waals surface area contributed by atoms with Crippen molar-refractivity contribution >= 4 is 89.8 Å². The Balaban J connectivity index is 1.09. The molecule has 0 atom stereocenters. The summed E-state index contributed by atoms with van der Waals surface area (Å²) in [6.45, 7) is -0.217. The maximum absolute atomic E-state index is 2.66. The highest BCUT2D eigenvalue weighted by molar-refractivity contribution is 7.00. The molecule has 0 spiro atoms. The van der Waals surface area contributed by atoms with Crippen LogP contribution < -0.4 is 26.2 Å². The predicted octanol–water partition coefficient (Wildman–Crippen LogP) is 20.0. The van der Waals surface area contributed by atoms with Crippen molar-refractivity contribution in [1.82, 2.24) is 4.57 Å². The molecule has 0 aliphatic carbocycles. The molecule has 3 nitrogen and oxygen atoms in total. The number of anilines is 6. The van der Waals surface area contributed by atoms with Crippen molar-refractivity contribution in [3.63, 3.8) is 0 Å². The SMILES string of the molecule is c1ccc(-c2ccc3c(c2)B2c4cc(-c5ccccc5)ccc4N(c4c(-c5ccccc5)cccc4-c4ccccc4)c4cc(-n5c6ccccc6c6ccc7ccccc7c65)cc(c42)N3c2c(-c3ccccc3)cccc2-c2ccccc2)cc1. The molecule has 0 radical (unpaired) electrons. The first-order chi connectivity index (χ1) is 42.7. The van der Waals surface area contributed by atoms with Gasteiger partial charge in [-0.25, -0.2) is 0 Å². The van der Waals surface area contributed by atoms with E-state index < -0.39 is 0 Å². The van der Waals surface area contributed by atoms with Crippen molar-refractivity contribution in [1.29, 1.82) is 0 Å². The van der Waals surface area contributed by atoms with E-state index in [-0.39, 0.29) is 6.71 Å². The topological polar surface area (TPSA) is 11.4 Å². The minimum absolute atomic E-state index is 0.217. The number of fused-ring (bicyclic) bond motifs is 9. The number of para-hydroxylation sites is 3.